The molecule has 0 aliphatic rings. The molecule has 0 amide bonds. The molecule has 3 nitrogen and oxygen atoms in total. The van der Waals surface area contributed by atoms with Gasteiger partial charge in [-0.05, 0) is 17.7 Å². The highest BCUT2D eigenvalue weighted by atomic mass is 28.3. The zero-order valence-corrected chi connectivity index (χ0v) is 13.2. The van der Waals surface area contributed by atoms with Crippen molar-refractivity contribution in [3.8, 4) is 0 Å². The Hall–Kier alpha value is -1.36. The Bertz CT molecular complexity index is 542. The van der Waals surface area contributed by atoms with Gasteiger partial charge in [0.15, 0.2) is 0 Å². The van der Waals surface area contributed by atoms with Crippen molar-refractivity contribution in [3.05, 3.63) is 53.8 Å². The first kappa shape index (κ1) is 15.0. The lowest BCUT2D eigenvalue weighted by Crippen LogP contribution is -2.36. The standard InChI is InChI=1S/C16H22O3Si/c1-20(2,3)15-10-9-13(19-15)11-14(17)16(18)12-7-5-4-6-8-12/h4-10,14,16-18H,11H2,1-3H3/t14-,16+/m0/s1. The van der Waals surface area contributed by atoms with E-state index in [9.17, 15) is 10.2 Å². The minimum absolute atomic E-state index is 0.320. The Balaban J connectivity index is 2.04. The van der Waals surface area contributed by atoms with Gasteiger partial charge >= 0.3 is 0 Å². The number of benzene rings is 1. The zero-order chi connectivity index (χ0) is 14.8. The van der Waals surface area contributed by atoms with E-state index in [1.165, 1.54) is 0 Å². The van der Waals surface area contributed by atoms with E-state index in [1.54, 1.807) is 0 Å². The highest BCUT2D eigenvalue weighted by Crippen LogP contribution is 2.20. The number of rotatable bonds is 5. The Kier molecular flexibility index (Phi) is 4.47. The lowest BCUT2D eigenvalue weighted by atomic mass is 10.0. The molecule has 20 heavy (non-hydrogen) atoms. The summed E-state index contributed by atoms with van der Waals surface area (Å²) in [4.78, 5) is 0. The monoisotopic (exact) mass is 290 g/mol. The van der Waals surface area contributed by atoms with Gasteiger partial charge in [0.25, 0.3) is 0 Å². The van der Waals surface area contributed by atoms with Gasteiger partial charge in [0, 0.05) is 6.42 Å². The van der Waals surface area contributed by atoms with Gasteiger partial charge in [-0.1, -0.05) is 50.0 Å². The first-order chi connectivity index (χ1) is 9.38. The van der Waals surface area contributed by atoms with Crippen molar-refractivity contribution in [2.24, 2.45) is 0 Å². The van der Waals surface area contributed by atoms with Crippen LogP contribution in [0, 0.1) is 0 Å². The van der Waals surface area contributed by atoms with Crippen molar-refractivity contribution < 1.29 is 14.6 Å². The lowest BCUT2D eigenvalue weighted by molar-refractivity contribution is 0.0162. The van der Waals surface area contributed by atoms with Gasteiger partial charge in [-0.15, -0.1) is 0 Å². The van der Waals surface area contributed by atoms with Gasteiger partial charge in [-0.25, -0.2) is 0 Å². The van der Waals surface area contributed by atoms with E-state index in [4.69, 9.17) is 4.42 Å². The topological polar surface area (TPSA) is 53.6 Å². The van der Waals surface area contributed by atoms with Crippen LogP contribution >= 0.6 is 0 Å². The molecule has 0 spiro atoms. The third-order valence-electron chi connectivity index (χ3n) is 3.32. The molecule has 4 heteroatoms. The second-order valence-corrected chi connectivity index (χ2v) is 11.1. The van der Waals surface area contributed by atoms with Crippen LogP contribution in [-0.2, 0) is 6.42 Å². The maximum absolute atomic E-state index is 10.1. The molecule has 0 fully saturated rings. The molecule has 1 aromatic heterocycles. The maximum Gasteiger partial charge on any atom is 0.123 e. The molecular weight excluding hydrogens is 268 g/mol. The second kappa shape index (κ2) is 5.95. The van der Waals surface area contributed by atoms with Gasteiger partial charge in [0.1, 0.15) is 19.9 Å². The third kappa shape index (κ3) is 3.60. The molecule has 0 aliphatic carbocycles. The Labute approximate surface area is 120 Å². The Morgan fingerprint density at radius 2 is 1.65 bits per heavy atom. The van der Waals surface area contributed by atoms with Crippen LogP contribution in [0.3, 0.4) is 0 Å². The summed E-state index contributed by atoms with van der Waals surface area (Å²) in [6.07, 6.45) is -1.43. The molecule has 2 N–H and O–H groups in total. The summed E-state index contributed by atoms with van der Waals surface area (Å²) in [5.74, 6) is 0.727. The molecule has 0 saturated heterocycles. The van der Waals surface area contributed by atoms with E-state index in [2.05, 4.69) is 19.6 Å². The molecule has 2 atom stereocenters. The van der Waals surface area contributed by atoms with E-state index < -0.39 is 20.3 Å². The summed E-state index contributed by atoms with van der Waals surface area (Å²) in [5, 5.41) is 21.3. The number of hydrogen-bond donors (Lipinski definition) is 2. The lowest BCUT2D eigenvalue weighted by Gasteiger charge is -2.17. The number of aliphatic hydroxyl groups excluding tert-OH is 2. The van der Waals surface area contributed by atoms with Crippen molar-refractivity contribution in [2.75, 3.05) is 0 Å². The first-order valence-corrected chi connectivity index (χ1v) is 10.4. The summed E-state index contributed by atoms with van der Waals surface area (Å²) < 4.78 is 5.80. The number of furan rings is 1. The first-order valence-electron chi connectivity index (χ1n) is 6.88. The van der Waals surface area contributed by atoms with Crippen LogP contribution in [0.5, 0.6) is 0 Å². The number of aliphatic hydroxyl groups is 2. The molecule has 108 valence electrons. The van der Waals surface area contributed by atoms with E-state index in [0.717, 1.165) is 16.7 Å². The maximum atomic E-state index is 10.1. The van der Waals surface area contributed by atoms with Crippen molar-refractivity contribution in [1.82, 2.24) is 0 Å². The molecule has 2 aromatic rings. The summed E-state index contributed by atoms with van der Waals surface area (Å²) in [6.45, 7) is 6.64. The summed E-state index contributed by atoms with van der Waals surface area (Å²) in [7, 11) is -1.47. The van der Waals surface area contributed by atoms with Crippen LogP contribution in [0.15, 0.2) is 46.9 Å². The number of hydrogen-bond acceptors (Lipinski definition) is 3. The van der Waals surface area contributed by atoms with Crippen LogP contribution in [-0.4, -0.2) is 24.4 Å². The van der Waals surface area contributed by atoms with Crippen molar-refractivity contribution in [2.45, 2.75) is 38.3 Å². The fourth-order valence-electron chi connectivity index (χ4n) is 2.08. The molecule has 0 aliphatic heterocycles. The fraction of sp³-hybridized carbons (Fsp3) is 0.375. The van der Waals surface area contributed by atoms with Crippen molar-refractivity contribution in [1.29, 1.82) is 0 Å². The molecule has 1 aromatic carbocycles. The minimum atomic E-state index is -1.47. The molecule has 1 heterocycles. The molecule has 0 unspecified atom stereocenters. The Morgan fingerprint density at radius 1 is 1.00 bits per heavy atom. The second-order valence-electron chi connectivity index (χ2n) is 6.14. The predicted molar refractivity (Wildman–Crippen MR) is 82.8 cm³/mol. The molecule has 0 bridgehead atoms. The van der Waals surface area contributed by atoms with Crippen LogP contribution in [0.4, 0.5) is 0 Å². The van der Waals surface area contributed by atoms with Gasteiger partial charge in [0.2, 0.25) is 0 Å². The normalized spacial score (nSPS) is 15.1. The summed E-state index contributed by atoms with van der Waals surface area (Å²) >= 11 is 0. The van der Waals surface area contributed by atoms with E-state index in [0.29, 0.717) is 6.42 Å². The molecule has 0 radical (unpaired) electrons. The summed E-state index contributed by atoms with van der Waals surface area (Å²) in [6, 6.07) is 13.1. The van der Waals surface area contributed by atoms with Crippen molar-refractivity contribution >= 4 is 13.5 Å². The summed E-state index contributed by atoms with van der Waals surface area (Å²) in [5.41, 5.74) is 0.719. The van der Waals surface area contributed by atoms with Crippen LogP contribution < -0.4 is 5.38 Å². The highest BCUT2D eigenvalue weighted by molar-refractivity contribution is 6.87. The largest absolute Gasteiger partial charge is 0.471 e. The highest BCUT2D eigenvalue weighted by Gasteiger charge is 2.23. The van der Waals surface area contributed by atoms with Gasteiger partial charge in [-0.3, -0.25) is 0 Å². The third-order valence-corrected chi connectivity index (χ3v) is 5.06. The van der Waals surface area contributed by atoms with Gasteiger partial charge in [-0.2, -0.15) is 0 Å². The van der Waals surface area contributed by atoms with Gasteiger partial charge in [0.05, 0.1) is 11.5 Å². The molecule has 0 saturated carbocycles. The zero-order valence-electron chi connectivity index (χ0n) is 12.2. The quantitative estimate of drug-likeness (QED) is 0.832. The van der Waals surface area contributed by atoms with E-state index in [1.807, 2.05) is 42.5 Å². The van der Waals surface area contributed by atoms with Crippen molar-refractivity contribution in [3.63, 3.8) is 0 Å². The molecule has 2 rings (SSSR count). The average Bonchev–Trinajstić information content (AvgIpc) is 2.87. The van der Waals surface area contributed by atoms with E-state index >= 15 is 0 Å². The van der Waals surface area contributed by atoms with Crippen LogP contribution in [0.2, 0.25) is 19.6 Å². The van der Waals surface area contributed by atoms with Crippen LogP contribution in [0.25, 0.3) is 0 Å². The smallest absolute Gasteiger partial charge is 0.123 e. The average molecular weight is 290 g/mol. The van der Waals surface area contributed by atoms with Gasteiger partial charge < -0.3 is 14.6 Å². The Morgan fingerprint density at radius 3 is 2.20 bits per heavy atom. The molecular formula is C16H22O3Si. The SMILES string of the molecule is C[Si](C)(C)c1ccc(C[C@H](O)[C@H](O)c2ccccc2)o1. The van der Waals surface area contributed by atoms with E-state index in [-0.39, 0.29) is 0 Å². The predicted octanol–water partition coefficient (Wildman–Crippen LogP) is 2.46. The minimum Gasteiger partial charge on any atom is -0.471 e. The van der Waals surface area contributed by atoms with Crippen LogP contribution in [0.1, 0.15) is 17.4 Å². The fourth-order valence-corrected chi connectivity index (χ4v) is 3.10.